The molecule has 1 aromatic carbocycles. The lowest BCUT2D eigenvalue weighted by atomic mass is 10.2. The Labute approximate surface area is 127 Å². The fourth-order valence-electron chi connectivity index (χ4n) is 1.41. The topological polar surface area (TPSA) is 48.2 Å². The van der Waals surface area contributed by atoms with E-state index in [9.17, 15) is 13.2 Å². The fraction of sp³-hybridized carbons (Fsp3) is 0.333. The van der Waals surface area contributed by atoms with E-state index in [-0.39, 0.29) is 5.75 Å². The number of ether oxygens (including phenoxy) is 1. The van der Waals surface area contributed by atoms with Gasteiger partial charge in [-0.1, -0.05) is 23.9 Å². The third kappa shape index (κ3) is 5.50. The normalized spacial score (nSPS) is 11.6. The van der Waals surface area contributed by atoms with Crippen LogP contribution in [0.25, 0.3) is 0 Å². The molecular formula is C12H11F3N2O2S2. The molecule has 0 amide bonds. The Morgan fingerprint density at radius 1 is 1.14 bits per heavy atom. The maximum absolute atomic E-state index is 12.0. The zero-order chi connectivity index (χ0) is 15.3. The van der Waals surface area contributed by atoms with E-state index in [0.29, 0.717) is 22.6 Å². The van der Waals surface area contributed by atoms with Crippen LogP contribution in [-0.4, -0.2) is 22.8 Å². The number of aromatic nitrogens is 2. The van der Waals surface area contributed by atoms with Gasteiger partial charge in [0.25, 0.3) is 5.22 Å². The van der Waals surface area contributed by atoms with Gasteiger partial charge >= 0.3 is 6.36 Å². The molecule has 0 aliphatic rings. The zero-order valence-corrected chi connectivity index (χ0v) is 12.5. The van der Waals surface area contributed by atoms with Crippen LogP contribution in [0, 0.1) is 0 Å². The van der Waals surface area contributed by atoms with Gasteiger partial charge in [0.15, 0.2) is 0 Å². The van der Waals surface area contributed by atoms with Crippen molar-refractivity contribution in [1.82, 2.24) is 10.2 Å². The second-order valence-corrected chi connectivity index (χ2v) is 5.67. The van der Waals surface area contributed by atoms with Crippen LogP contribution >= 0.6 is 23.5 Å². The SMILES string of the molecule is CSCc1nnc(SCc2ccc(OC(F)(F)F)cc2)o1. The third-order valence-electron chi connectivity index (χ3n) is 2.24. The van der Waals surface area contributed by atoms with Gasteiger partial charge in [0.1, 0.15) is 5.75 Å². The number of benzene rings is 1. The monoisotopic (exact) mass is 336 g/mol. The summed E-state index contributed by atoms with van der Waals surface area (Å²) in [7, 11) is 0. The molecule has 2 rings (SSSR count). The Kier molecular flexibility index (Phi) is 5.40. The number of thioether (sulfide) groups is 2. The molecule has 0 aliphatic carbocycles. The molecule has 0 fully saturated rings. The Bertz CT molecular complexity index is 573. The Morgan fingerprint density at radius 2 is 1.86 bits per heavy atom. The van der Waals surface area contributed by atoms with Crippen LogP contribution in [-0.2, 0) is 11.5 Å². The highest BCUT2D eigenvalue weighted by atomic mass is 32.2. The van der Waals surface area contributed by atoms with Crippen molar-refractivity contribution in [1.29, 1.82) is 0 Å². The van der Waals surface area contributed by atoms with Gasteiger partial charge in [-0.05, 0) is 24.0 Å². The van der Waals surface area contributed by atoms with E-state index in [1.54, 1.807) is 23.9 Å². The van der Waals surface area contributed by atoms with E-state index in [2.05, 4.69) is 14.9 Å². The van der Waals surface area contributed by atoms with Crippen molar-refractivity contribution in [3.8, 4) is 5.75 Å². The number of alkyl halides is 3. The first-order valence-electron chi connectivity index (χ1n) is 5.75. The Balaban J connectivity index is 1.88. The Hall–Kier alpha value is -1.35. The molecule has 0 bridgehead atoms. The van der Waals surface area contributed by atoms with Crippen LogP contribution in [0.3, 0.4) is 0 Å². The van der Waals surface area contributed by atoms with Crippen LogP contribution in [0.4, 0.5) is 13.2 Å². The molecule has 0 aliphatic heterocycles. The van der Waals surface area contributed by atoms with E-state index >= 15 is 0 Å². The molecule has 1 aromatic heterocycles. The highest BCUT2D eigenvalue weighted by Crippen LogP contribution is 2.26. The van der Waals surface area contributed by atoms with Crippen molar-refractivity contribution < 1.29 is 22.3 Å². The summed E-state index contributed by atoms with van der Waals surface area (Å²) in [5, 5.41) is 8.18. The van der Waals surface area contributed by atoms with E-state index in [1.807, 2.05) is 6.26 Å². The zero-order valence-electron chi connectivity index (χ0n) is 10.9. The Morgan fingerprint density at radius 3 is 2.48 bits per heavy atom. The quantitative estimate of drug-likeness (QED) is 0.740. The van der Waals surface area contributed by atoms with E-state index in [4.69, 9.17) is 4.42 Å². The fourth-order valence-corrected chi connectivity index (χ4v) is 2.51. The highest BCUT2D eigenvalue weighted by Gasteiger charge is 2.30. The van der Waals surface area contributed by atoms with Crippen molar-refractivity contribution in [3.63, 3.8) is 0 Å². The maximum atomic E-state index is 12.0. The number of rotatable bonds is 6. The van der Waals surface area contributed by atoms with E-state index in [1.165, 1.54) is 23.9 Å². The molecule has 0 unspecified atom stereocenters. The summed E-state index contributed by atoms with van der Waals surface area (Å²) in [5.74, 6) is 1.49. The summed E-state index contributed by atoms with van der Waals surface area (Å²) >= 11 is 2.90. The summed E-state index contributed by atoms with van der Waals surface area (Å²) in [6.07, 6.45) is -2.74. The summed E-state index contributed by atoms with van der Waals surface area (Å²) in [5.41, 5.74) is 0.833. The summed E-state index contributed by atoms with van der Waals surface area (Å²) in [4.78, 5) is 0. The lowest BCUT2D eigenvalue weighted by molar-refractivity contribution is -0.274. The van der Waals surface area contributed by atoms with Gasteiger partial charge in [-0.3, -0.25) is 0 Å². The third-order valence-corrected chi connectivity index (χ3v) is 3.66. The van der Waals surface area contributed by atoms with Crippen molar-refractivity contribution in [2.24, 2.45) is 0 Å². The number of nitrogens with zero attached hydrogens (tertiary/aromatic N) is 2. The molecule has 0 radical (unpaired) electrons. The molecule has 1 heterocycles. The molecule has 114 valence electrons. The molecule has 0 saturated carbocycles. The highest BCUT2D eigenvalue weighted by molar-refractivity contribution is 7.98. The molecule has 0 atom stereocenters. The van der Waals surface area contributed by atoms with E-state index < -0.39 is 6.36 Å². The molecule has 0 saturated heterocycles. The van der Waals surface area contributed by atoms with Gasteiger partial charge < -0.3 is 9.15 Å². The van der Waals surface area contributed by atoms with Crippen LogP contribution < -0.4 is 4.74 Å². The summed E-state index contributed by atoms with van der Waals surface area (Å²) < 4.78 is 45.2. The van der Waals surface area contributed by atoms with Crippen molar-refractivity contribution in [3.05, 3.63) is 35.7 Å². The average molecular weight is 336 g/mol. The molecule has 0 N–H and O–H groups in total. The largest absolute Gasteiger partial charge is 0.573 e. The molecular weight excluding hydrogens is 325 g/mol. The molecule has 2 aromatic rings. The van der Waals surface area contributed by atoms with Gasteiger partial charge in [0.2, 0.25) is 5.89 Å². The lowest BCUT2D eigenvalue weighted by Crippen LogP contribution is -2.16. The summed E-state index contributed by atoms with van der Waals surface area (Å²) in [6, 6.07) is 5.67. The second-order valence-electron chi connectivity index (χ2n) is 3.88. The number of hydrogen-bond donors (Lipinski definition) is 0. The number of halogens is 3. The van der Waals surface area contributed by atoms with Gasteiger partial charge in [-0.25, -0.2) is 0 Å². The first-order valence-corrected chi connectivity index (χ1v) is 8.13. The van der Waals surface area contributed by atoms with Crippen molar-refractivity contribution >= 4 is 23.5 Å². The lowest BCUT2D eigenvalue weighted by Gasteiger charge is -2.08. The first-order chi connectivity index (χ1) is 9.96. The van der Waals surface area contributed by atoms with Crippen LogP contribution in [0.1, 0.15) is 11.5 Å². The minimum atomic E-state index is -4.67. The standard InChI is InChI=1S/C12H11F3N2O2S2/c1-20-7-10-16-17-11(18-10)21-6-8-2-4-9(5-3-8)19-12(13,14)15/h2-5H,6-7H2,1H3. The first kappa shape index (κ1) is 16.0. The maximum Gasteiger partial charge on any atom is 0.573 e. The minimum absolute atomic E-state index is 0.240. The van der Waals surface area contributed by atoms with Gasteiger partial charge in [0, 0.05) is 5.75 Å². The molecule has 21 heavy (non-hydrogen) atoms. The minimum Gasteiger partial charge on any atom is -0.415 e. The van der Waals surface area contributed by atoms with Crippen molar-refractivity contribution in [2.75, 3.05) is 6.26 Å². The van der Waals surface area contributed by atoms with Crippen LogP contribution in [0.15, 0.2) is 33.9 Å². The average Bonchev–Trinajstić information content (AvgIpc) is 2.84. The van der Waals surface area contributed by atoms with Gasteiger partial charge in [-0.2, -0.15) is 11.8 Å². The van der Waals surface area contributed by atoms with Crippen LogP contribution in [0.5, 0.6) is 5.75 Å². The smallest absolute Gasteiger partial charge is 0.415 e. The summed E-state index contributed by atoms with van der Waals surface area (Å²) in [6.45, 7) is 0. The van der Waals surface area contributed by atoms with Gasteiger partial charge in [0.05, 0.1) is 5.75 Å². The van der Waals surface area contributed by atoms with Crippen molar-refractivity contribution in [2.45, 2.75) is 23.1 Å². The predicted octanol–water partition coefficient (Wildman–Crippen LogP) is 4.12. The second kappa shape index (κ2) is 7.08. The van der Waals surface area contributed by atoms with Crippen LogP contribution in [0.2, 0.25) is 0 Å². The van der Waals surface area contributed by atoms with E-state index in [0.717, 1.165) is 5.56 Å². The molecule has 4 nitrogen and oxygen atoms in total. The molecule has 0 spiro atoms. The van der Waals surface area contributed by atoms with Gasteiger partial charge in [-0.15, -0.1) is 23.4 Å². The number of hydrogen-bond acceptors (Lipinski definition) is 6. The molecule has 9 heteroatoms. The predicted molar refractivity (Wildman–Crippen MR) is 74.2 cm³/mol.